The first-order chi connectivity index (χ1) is 20.8. The molecule has 0 aliphatic carbocycles. The van der Waals surface area contributed by atoms with Crippen molar-refractivity contribution in [2.75, 3.05) is 24.4 Å². The molecule has 2 aromatic heterocycles. The first kappa shape index (κ1) is 11.7. The molecular formula is C19H20Br2N6O4S. The van der Waals surface area contributed by atoms with Crippen LogP contribution in [0.15, 0.2) is 51.8 Å². The van der Waals surface area contributed by atoms with Crippen LogP contribution >= 0.6 is 31.9 Å². The van der Waals surface area contributed by atoms with Crippen molar-refractivity contribution in [2.45, 2.75) is 13.2 Å². The van der Waals surface area contributed by atoms with E-state index >= 15 is 0 Å². The standard InChI is InChI=1S/C19H20Br2N6O4S/c1-2-7-26-32(28,29)27-17-16(13-3-5-14(20)6-4-13)18(25-12-24-17)30-8-9-31-19-22-10-15(21)11-23-19/h3-6,10-12,26H,2,7-9H2,1H3,(H,24,25,27)/i1D3,2D2,3D,4D,5D,6D,7D2,8D2,12D. The Hall–Kier alpha value is -2.35. The van der Waals surface area contributed by atoms with E-state index in [0.717, 1.165) is 0 Å². The topological polar surface area (TPSA) is 128 Å². The summed E-state index contributed by atoms with van der Waals surface area (Å²) in [6.07, 6.45) is -2.26. The highest BCUT2D eigenvalue weighted by molar-refractivity contribution is 9.10. The van der Waals surface area contributed by atoms with E-state index in [1.807, 2.05) is 0 Å². The van der Waals surface area contributed by atoms with Crippen molar-refractivity contribution in [2.24, 2.45) is 0 Å². The average molecular weight is 602 g/mol. The molecule has 0 radical (unpaired) electrons. The highest BCUT2D eigenvalue weighted by Gasteiger charge is 2.19. The molecule has 0 amide bonds. The van der Waals surface area contributed by atoms with Gasteiger partial charge in [0.05, 0.1) is 18.3 Å². The first-order valence-electron chi connectivity index (χ1n) is 15.1. The lowest BCUT2D eigenvalue weighted by Gasteiger charge is -2.15. The fourth-order valence-corrected chi connectivity index (χ4v) is 2.98. The summed E-state index contributed by atoms with van der Waals surface area (Å²) in [5, 5.41) is 0. The summed E-state index contributed by atoms with van der Waals surface area (Å²) in [6.45, 7) is -11.3. The zero-order valence-electron chi connectivity index (χ0n) is 29.4. The molecule has 3 aromatic rings. The van der Waals surface area contributed by atoms with Crippen LogP contribution in [0.2, 0.25) is 0 Å². The van der Waals surface area contributed by atoms with E-state index in [4.69, 9.17) is 28.7 Å². The van der Waals surface area contributed by atoms with E-state index in [9.17, 15) is 8.42 Å². The number of halogens is 2. The first-order valence-corrected chi connectivity index (χ1v) is 11.1. The number of nitrogens with one attached hydrogen (secondary N) is 2. The molecule has 170 valence electrons. The Kier molecular flexibility index (Phi) is 4.20. The molecule has 3 rings (SSSR count). The molecule has 1 aromatic carbocycles. The molecule has 0 saturated heterocycles. The van der Waals surface area contributed by atoms with E-state index in [0.29, 0.717) is 4.47 Å². The second kappa shape index (κ2) is 11.5. The van der Waals surface area contributed by atoms with Crippen LogP contribution in [0.4, 0.5) is 5.82 Å². The molecular weight excluding hydrogens is 568 g/mol. The molecule has 10 nitrogen and oxygen atoms in total. The third-order valence-electron chi connectivity index (χ3n) is 3.11. The molecule has 0 unspecified atom stereocenters. The summed E-state index contributed by atoms with van der Waals surface area (Å²) in [6, 6.07) is -3.37. The Morgan fingerprint density at radius 1 is 1.09 bits per heavy atom. The number of nitrogens with zero attached hydrogens (tertiary/aromatic N) is 4. The zero-order valence-corrected chi connectivity index (χ0v) is 19.4. The van der Waals surface area contributed by atoms with Gasteiger partial charge in [-0.15, -0.1) is 0 Å². The Labute approximate surface area is 222 Å². The minimum Gasteiger partial charge on any atom is -0.473 e. The number of rotatable bonds is 11. The van der Waals surface area contributed by atoms with Gasteiger partial charge in [-0.25, -0.2) is 19.9 Å². The summed E-state index contributed by atoms with van der Waals surface area (Å²) in [5.74, 6) is -2.09. The van der Waals surface area contributed by atoms with Crippen molar-refractivity contribution < 1.29 is 37.1 Å². The lowest BCUT2D eigenvalue weighted by molar-refractivity contribution is 0.202. The van der Waals surface area contributed by atoms with Crippen LogP contribution in [0.1, 0.15) is 32.4 Å². The van der Waals surface area contributed by atoms with Gasteiger partial charge in [-0.05, 0) is 40.0 Å². The van der Waals surface area contributed by atoms with Gasteiger partial charge in [0.2, 0.25) is 5.88 Å². The van der Waals surface area contributed by atoms with Crippen LogP contribution in [0, 0.1) is 0 Å². The maximum absolute atomic E-state index is 13.1. The average Bonchev–Trinajstić information content (AvgIpc) is 2.90. The van der Waals surface area contributed by atoms with Gasteiger partial charge in [0.15, 0.2) is 5.82 Å². The Morgan fingerprint density at radius 3 is 2.56 bits per heavy atom. The van der Waals surface area contributed by atoms with Crippen molar-refractivity contribution in [1.29, 1.82) is 0 Å². The molecule has 32 heavy (non-hydrogen) atoms. The molecule has 0 atom stereocenters. The van der Waals surface area contributed by atoms with Crippen molar-refractivity contribution in [3.63, 3.8) is 0 Å². The summed E-state index contributed by atoms with van der Waals surface area (Å²) in [5.41, 5.74) is -1.63. The van der Waals surface area contributed by atoms with E-state index < -0.39 is 96.4 Å². The smallest absolute Gasteiger partial charge is 0.316 e. The van der Waals surface area contributed by atoms with Crippen LogP contribution in [-0.4, -0.2) is 48.0 Å². The summed E-state index contributed by atoms with van der Waals surface area (Å²) in [4.78, 5) is 14.8. The minimum absolute atomic E-state index is 0.294. The van der Waals surface area contributed by atoms with Gasteiger partial charge in [0, 0.05) is 33.0 Å². The second-order valence-electron chi connectivity index (χ2n) is 5.22. The maximum Gasteiger partial charge on any atom is 0.316 e. The zero-order chi connectivity index (χ0) is 35.2. The number of benzene rings is 1. The monoisotopic (exact) mass is 600 g/mol. The Bertz CT molecular complexity index is 1720. The summed E-state index contributed by atoms with van der Waals surface area (Å²) >= 11 is 6.02. The number of aromatic nitrogens is 4. The number of ether oxygens (including phenoxy) is 2. The van der Waals surface area contributed by atoms with E-state index in [1.54, 1.807) is 4.72 Å². The fourth-order valence-electron chi connectivity index (χ4n) is 1.94. The lowest BCUT2D eigenvalue weighted by Crippen LogP contribution is -2.31. The van der Waals surface area contributed by atoms with Crippen LogP contribution in [0.3, 0.4) is 0 Å². The van der Waals surface area contributed by atoms with E-state index in [2.05, 4.69) is 51.8 Å². The third-order valence-corrected chi connectivity index (χ3v) is 4.75. The molecule has 13 heteroatoms. The predicted molar refractivity (Wildman–Crippen MR) is 127 cm³/mol. The Balaban J connectivity index is 2.20. The van der Waals surface area contributed by atoms with E-state index in [-0.39, 0.29) is 10.5 Å². The second-order valence-corrected chi connectivity index (χ2v) is 8.34. The van der Waals surface area contributed by atoms with Gasteiger partial charge in [0.1, 0.15) is 20.8 Å². The lowest BCUT2D eigenvalue weighted by atomic mass is 10.1. The molecule has 0 bridgehead atoms. The van der Waals surface area contributed by atoms with Gasteiger partial charge in [-0.1, -0.05) is 34.9 Å². The van der Waals surface area contributed by atoms with Crippen LogP contribution in [-0.2, 0) is 10.2 Å². The number of hydrogen-bond donors (Lipinski definition) is 2. The normalized spacial score (nSPS) is 19.3. The summed E-state index contributed by atoms with van der Waals surface area (Å²) in [7, 11) is -5.41. The summed E-state index contributed by atoms with van der Waals surface area (Å²) < 4.78 is 150. The van der Waals surface area contributed by atoms with Crippen LogP contribution < -0.4 is 18.9 Å². The van der Waals surface area contributed by atoms with Gasteiger partial charge in [-0.3, -0.25) is 4.72 Å². The molecule has 2 heterocycles. The molecule has 0 aliphatic rings. The van der Waals surface area contributed by atoms with E-state index in [1.165, 1.54) is 17.1 Å². The predicted octanol–water partition coefficient (Wildman–Crippen LogP) is 3.57. The SMILES string of the molecule is [2H]c1nc(NS(=O)(=O)NC([2H])([2H])C([2H])([2H])C([2H])([2H])[2H])c(-c2c([2H])c([2H])c(Br)c([2H])c2[2H])c(OC([2H])([2H])COc2ncc(Br)cn2)n1. The molecule has 0 saturated carbocycles. The minimum atomic E-state index is -5.41. The van der Waals surface area contributed by atoms with Gasteiger partial charge in [-0.2, -0.15) is 13.1 Å². The largest absolute Gasteiger partial charge is 0.473 e. The Morgan fingerprint density at radius 2 is 1.84 bits per heavy atom. The molecule has 0 aliphatic heterocycles. The number of anilines is 1. The third kappa shape index (κ3) is 7.08. The fraction of sp³-hybridized carbons (Fsp3) is 0.263. The molecule has 0 spiro atoms. The number of hydrogen-bond acceptors (Lipinski definition) is 8. The van der Waals surface area contributed by atoms with Crippen LogP contribution in [0.5, 0.6) is 11.9 Å². The molecule has 0 fully saturated rings. The quantitative estimate of drug-likeness (QED) is 0.341. The highest BCUT2D eigenvalue weighted by Crippen LogP contribution is 2.34. The van der Waals surface area contributed by atoms with Crippen molar-refractivity contribution in [3.05, 3.63) is 51.8 Å². The highest BCUT2D eigenvalue weighted by atomic mass is 79.9. The van der Waals surface area contributed by atoms with Crippen molar-refractivity contribution in [3.8, 4) is 23.0 Å². The molecule has 2 N–H and O–H groups in total. The van der Waals surface area contributed by atoms with Gasteiger partial charge >= 0.3 is 6.01 Å². The van der Waals surface area contributed by atoms with Gasteiger partial charge in [0.25, 0.3) is 10.2 Å². The van der Waals surface area contributed by atoms with Crippen molar-refractivity contribution >= 4 is 47.9 Å². The van der Waals surface area contributed by atoms with Crippen molar-refractivity contribution in [1.82, 2.24) is 24.7 Å². The van der Waals surface area contributed by atoms with Crippen LogP contribution in [0.25, 0.3) is 11.1 Å². The van der Waals surface area contributed by atoms with Gasteiger partial charge < -0.3 is 9.47 Å². The maximum atomic E-state index is 13.1.